The van der Waals surface area contributed by atoms with Crippen molar-refractivity contribution in [2.75, 3.05) is 12.9 Å². The van der Waals surface area contributed by atoms with Gasteiger partial charge < -0.3 is 19.4 Å². The third kappa shape index (κ3) is 4.35. The second-order valence-corrected chi connectivity index (χ2v) is 8.92. The largest absolute Gasteiger partial charge is 0.497 e. The summed E-state index contributed by atoms with van der Waals surface area (Å²) in [5.74, 6) is 1.61. The Morgan fingerprint density at radius 2 is 1.96 bits per heavy atom. The highest BCUT2D eigenvalue weighted by atomic mass is 32.2. The second-order valence-electron chi connectivity index (χ2n) is 7.81. The molecule has 0 saturated carbocycles. The van der Waals surface area contributed by atoms with Gasteiger partial charge in [-0.3, -0.25) is 9.59 Å². The maximum atomic E-state index is 13.3. The summed E-state index contributed by atoms with van der Waals surface area (Å²) >= 11 is 1.64. The van der Waals surface area contributed by atoms with Gasteiger partial charge in [-0.15, -0.1) is 11.8 Å². The van der Waals surface area contributed by atoms with Crippen LogP contribution in [0.2, 0.25) is 0 Å². The number of ether oxygens (including phenoxy) is 1. The molecule has 7 heteroatoms. The number of furan rings is 1. The Labute approximate surface area is 169 Å². The summed E-state index contributed by atoms with van der Waals surface area (Å²) in [6.07, 6.45) is 1.57. The number of hydrogen-bond acceptors (Lipinski definition) is 5. The SMILES string of the molecule is COc1ccc(C(=O)N2C(C(=O)NCc3ccco3)CSC2C(C)(C)C)cc1. The average molecular weight is 403 g/mol. The smallest absolute Gasteiger partial charge is 0.255 e. The van der Waals surface area contributed by atoms with Crippen LogP contribution < -0.4 is 10.1 Å². The predicted octanol–water partition coefficient (Wildman–Crippen LogP) is 3.53. The van der Waals surface area contributed by atoms with Crippen LogP contribution in [0.4, 0.5) is 0 Å². The van der Waals surface area contributed by atoms with Gasteiger partial charge in [-0.2, -0.15) is 0 Å². The minimum atomic E-state index is -0.529. The molecule has 1 fully saturated rings. The first-order valence-corrected chi connectivity index (χ1v) is 10.2. The van der Waals surface area contributed by atoms with Crippen molar-refractivity contribution in [1.82, 2.24) is 10.2 Å². The molecule has 2 amide bonds. The number of carbonyl (C=O) groups is 2. The number of carbonyl (C=O) groups excluding carboxylic acids is 2. The predicted molar refractivity (Wildman–Crippen MR) is 109 cm³/mol. The molecule has 1 aromatic heterocycles. The van der Waals surface area contributed by atoms with E-state index in [2.05, 4.69) is 26.1 Å². The maximum Gasteiger partial charge on any atom is 0.255 e. The molecule has 0 spiro atoms. The minimum absolute atomic E-state index is 0.0959. The molecule has 150 valence electrons. The normalized spacial score (nSPS) is 19.5. The van der Waals surface area contributed by atoms with Crippen LogP contribution in [0, 0.1) is 5.41 Å². The lowest BCUT2D eigenvalue weighted by molar-refractivity contribution is -0.125. The Balaban J connectivity index is 1.81. The van der Waals surface area contributed by atoms with Crippen molar-refractivity contribution in [3.05, 3.63) is 54.0 Å². The summed E-state index contributed by atoms with van der Waals surface area (Å²) in [7, 11) is 1.59. The molecule has 0 aliphatic carbocycles. The van der Waals surface area contributed by atoms with Gasteiger partial charge in [0.15, 0.2) is 0 Å². The molecule has 1 aliphatic rings. The van der Waals surface area contributed by atoms with E-state index >= 15 is 0 Å². The number of hydrogen-bond donors (Lipinski definition) is 1. The zero-order valence-corrected chi connectivity index (χ0v) is 17.4. The molecular formula is C21H26N2O4S. The number of amides is 2. The van der Waals surface area contributed by atoms with Gasteiger partial charge in [0.05, 0.1) is 25.3 Å². The van der Waals surface area contributed by atoms with Gasteiger partial charge in [0, 0.05) is 11.3 Å². The molecule has 6 nitrogen and oxygen atoms in total. The van der Waals surface area contributed by atoms with Crippen molar-refractivity contribution in [2.45, 2.75) is 38.7 Å². The number of nitrogens with zero attached hydrogens (tertiary/aromatic N) is 1. The van der Waals surface area contributed by atoms with Gasteiger partial charge >= 0.3 is 0 Å². The number of rotatable bonds is 5. The highest BCUT2D eigenvalue weighted by molar-refractivity contribution is 8.00. The molecule has 2 atom stereocenters. The maximum absolute atomic E-state index is 13.3. The van der Waals surface area contributed by atoms with E-state index in [1.165, 1.54) is 0 Å². The Morgan fingerprint density at radius 1 is 1.25 bits per heavy atom. The minimum Gasteiger partial charge on any atom is -0.497 e. The van der Waals surface area contributed by atoms with E-state index in [4.69, 9.17) is 9.15 Å². The van der Waals surface area contributed by atoms with E-state index < -0.39 is 6.04 Å². The van der Waals surface area contributed by atoms with Crippen molar-refractivity contribution >= 4 is 23.6 Å². The summed E-state index contributed by atoms with van der Waals surface area (Å²) < 4.78 is 10.4. The Bertz CT molecular complexity index is 812. The van der Waals surface area contributed by atoms with Crippen molar-refractivity contribution < 1.29 is 18.7 Å². The third-order valence-electron chi connectivity index (χ3n) is 4.63. The molecule has 28 heavy (non-hydrogen) atoms. The van der Waals surface area contributed by atoms with Crippen molar-refractivity contribution in [2.24, 2.45) is 5.41 Å². The fourth-order valence-corrected chi connectivity index (χ4v) is 4.79. The Kier molecular flexibility index (Phi) is 6.03. The molecule has 1 saturated heterocycles. The van der Waals surface area contributed by atoms with Gasteiger partial charge in [-0.25, -0.2) is 0 Å². The van der Waals surface area contributed by atoms with Crippen LogP contribution in [0.15, 0.2) is 47.1 Å². The number of methoxy groups -OCH3 is 1. The lowest BCUT2D eigenvalue weighted by atomic mass is 9.94. The van der Waals surface area contributed by atoms with E-state index in [1.54, 1.807) is 60.4 Å². The summed E-state index contributed by atoms with van der Waals surface area (Å²) in [4.78, 5) is 27.9. The monoisotopic (exact) mass is 402 g/mol. The van der Waals surface area contributed by atoms with Crippen molar-refractivity contribution in [3.63, 3.8) is 0 Å². The van der Waals surface area contributed by atoms with E-state index in [0.29, 0.717) is 29.4 Å². The van der Waals surface area contributed by atoms with E-state index in [9.17, 15) is 9.59 Å². The summed E-state index contributed by atoms with van der Waals surface area (Å²) in [6.45, 7) is 6.56. The molecule has 0 radical (unpaired) electrons. The zero-order valence-electron chi connectivity index (χ0n) is 16.6. The molecule has 2 aromatic rings. The molecule has 1 aromatic carbocycles. The third-order valence-corrected chi connectivity index (χ3v) is 6.39. The lowest BCUT2D eigenvalue weighted by Crippen LogP contribution is -2.52. The Hall–Kier alpha value is -2.41. The molecule has 0 bridgehead atoms. The average Bonchev–Trinajstić information content (AvgIpc) is 3.35. The second kappa shape index (κ2) is 8.31. The number of nitrogens with one attached hydrogen (secondary N) is 1. The van der Waals surface area contributed by atoms with Crippen LogP contribution in [-0.2, 0) is 11.3 Å². The molecule has 2 heterocycles. The lowest BCUT2D eigenvalue weighted by Gasteiger charge is -2.36. The quantitative estimate of drug-likeness (QED) is 0.828. The van der Waals surface area contributed by atoms with Crippen LogP contribution in [0.1, 0.15) is 36.9 Å². The van der Waals surface area contributed by atoms with E-state index in [-0.39, 0.29) is 22.6 Å². The first kappa shape index (κ1) is 20.3. The molecule has 1 N–H and O–H groups in total. The fraction of sp³-hybridized carbons (Fsp3) is 0.429. The van der Waals surface area contributed by atoms with Gasteiger partial charge in [-0.1, -0.05) is 20.8 Å². The van der Waals surface area contributed by atoms with Gasteiger partial charge in [0.25, 0.3) is 5.91 Å². The van der Waals surface area contributed by atoms with Gasteiger partial charge in [-0.05, 0) is 41.8 Å². The van der Waals surface area contributed by atoms with Gasteiger partial charge in [0.2, 0.25) is 5.91 Å². The van der Waals surface area contributed by atoms with Crippen LogP contribution in [0.5, 0.6) is 5.75 Å². The van der Waals surface area contributed by atoms with Crippen LogP contribution in [0.25, 0.3) is 0 Å². The molecule has 3 rings (SSSR count). The fourth-order valence-electron chi connectivity index (χ4n) is 3.21. The highest BCUT2D eigenvalue weighted by Crippen LogP contribution is 2.41. The van der Waals surface area contributed by atoms with Crippen LogP contribution >= 0.6 is 11.8 Å². The summed E-state index contributed by atoms with van der Waals surface area (Å²) in [5.41, 5.74) is 0.379. The van der Waals surface area contributed by atoms with Crippen LogP contribution in [-0.4, -0.2) is 41.0 Å². The van der Waals surface area contributed by atoms with E-state index in [0.717, 1.165) is 0 Å². The highest BCUT2D eigenvalue weighted by Gasteiger charge is 2.46. The zero-order chi connectivity index (χ0) is 20.3. The first-order valence-electron chi connectivity index (χ1n) is 9.19. The van der Waals surface area contributed by atoms with Crippen molar-refractivity contribution in [1.29, 1.82) is 0 Å². The number of thioether (sulfide) groups is 1. The van der Waals surface area contributed by atoms with Gasteiger partial charge in [0.1, 0.15) is 17.6 Å². The number of benzene rings is 1. The van der Waals surface area contributed by atoms with Crippen LogP contribution in [0.3, 0.4) is 0 Å². The molecule has 2 unspecified atom stereocenters. The van der Waals surface area contributed by atoms with Crippen molar-refractivity contribution in [3.8, 4) is 5.75 Å². The topological polar surface area (TPSA) is 71.8 Å². The molecular weight excluding hydrogens is 376 g/mol. The Morgan fingerprint density at radius 3 is 2.54 bits per heavy atom. The first-order chi connectivity index (χ1) is 13.3. The summed E-state index contributed by atoms with van der Waals surface area (Å²) in [5, 5.41) is 2.80. The van der Waals surface area contributed by atoms with E-state index in [1.807, 2.05) is 6.07 Å². The molecule has 1 aliphatic heterocycles. The summed E-state index contributed by atoms with van der Waals surface area (Å²) in [6, 6.07) is 10.1. The standard InChI is InChI=1S/C21H26N2O4S/c1-21(2,3)20-23(19(25)14-7-9-15(26-4)10-8-14)17(13-28-20)18(24)22-12-16-6-5-11-27-16/h5-11,17,20H,12-13H2,1-4H3,(H,22,24).